The predicted octanol–water partition coefficient (Wildman–Crippen LogP) is 5.07. The lowest BCUT2D eigenvalue weighted by Crippen LogP contribution is -2.59. The molecule has 9 heteroatoms. The van der Waals surface area contributed by atoms with Gasteiger partial charge < -0.3 is 25.2 Å². The van der Waals surface area contributed by atoms with Gasteiger partial charge in [0.15, 0.2) is 0 Å². The highest BCUT2D eigenvalue weighted by Gasteiger charge is 2.52. The van der Waals surface area contributed by atoms with Crippen LogP contribution in [0.15, 0.2) is 9.42 Å². The van der Waals surface area contributed by atoms with E-state index in [1.54, 1.807) is 11.8 Å². The molecule has 8 nitrogen and oxygen atoms in total. The van der Waals surface area contributed by atoms with E-state index in [4.69, 9.17) is 9.26 Å². The van der Waals surface area contributed by atoms with Gasteiger partial charge in [-0.15, -0.1) is 11.8 Å². The number of hydrogen-bond acceptors (Lipinski definition) is 7. The molecule has 5 aliphatic carbocycles. The van der Waals surface area contributed by atoms with Crippen molar-refractivity contribution in [2.24, 2.45) is 23.2 Å². The Bertz CT molecular complexity index is 1010. The summed E-state index contributed by atoms with van der Waals surface area (Å²) in [5, 5.41) is 14.6. The van der Waals surface area contributed by atoms with Crippen molar-refractivity contribution in [3.63, 3.8) is 0 Å². The minimum absolute atomic E-state index is 0.0408. The average molecular weight is 559 g/mol. The fourth-order valence-electron chi connectivity index (χ4n) is 8.22. The van der Waals surface area contributed by atoms with E-state index in [1.807, 2.05) is 13.8 Å². The monoisotopic (exact) mass is 558 g/mol. The van der Waals surface area contributed by atoms with Gasteiger partial charge in [-0.05, 0) is 108 Å². The van der Waals surface area contributed by atoms with Crippen molar-refractivity contribution in [3.05, 3.63) is 5.76 Å². The van der Waals surface area contributed by atoms with Gasteiger partial charge in [0, 0.05) is 23.4 Å². The van der Waals surface area contributed by atoms with Crippen LogP contribution >= 0.6 is 11.8 Å². The summed E-state index contributed by atoms with van der Waals surface area (Å²) >= 11 is 1.68. The largest absolute Gasteiger partial charge is 0.474 e. The molecule has 3 N–H and O–H groups in total. The molecule has 6 fully saturated rings. The number of rotatable bonds is 10. The SMILES string of the molecule is CC(C)(COc1noc(C(=O)NC23CC4CC(CC(C4)C2)C3)c1SC1CCCCC1)C(=O)NC[C@@H]1CCCN1. The summed E-state index contributed by atoms with van der Waals surface area (Å²) in [7, 11) is 0. The molecule has 0 unspecified atom stereocenters. The van der Waals surface area contributed by atoms with Gasteiger partial charge in [-0.3, -0.25) is 9.59 Å². The number of carbonyl (C=O) groups is 2. The Labute approximate surface area is 236 Å². The fourth-order valence-corrected chi connectivity index (χ4v) is 9.56. The Kier molecular flexibility index (Phi) is 7.92. The third kappa shape index (κ3) is 6.14. The van der Waals surface area contributed by atoms with E-state index >= 15 is 0 Å². The van der Waals surface area contributed by atoms with E-state index in [2.05, 4.69) is 21.1 Å². The topological polar surface area (TPSA) is 105 Å². The molecule has 0 aromatic carbocycles. The predicted molar refractivity (Wildman–Crippen MR) is 151 cm³/mol. The van der Waals surface area contributed by atoms with Crippen LogP contribution in [0.1, 0.15) is 108 Å². The number of ether oxygens (including phenoxy) is 1. The molecule has 1 atom stereocenters. The zero-order valence-corrected chi connectivity index (χ0v) is 24.5. The van der Waals surface area contributed by atoms with Gasteiger partial charge >= 0.3 is 0 Å². The van der Waals surface area contributed by atoms with Crippen LogP contribution in [-0.4, -0.2) is 53.5 Å². The highest BCUT2D eigenvalue weighted by atomic mass is 32.2. The Balaban J connectivity index is 1.14. The molecule has 0 spiro atoms. The van der Waals surface area contributed by atoms with Gasteiger partial charge in [0.25, 0.3) is 11.8 Å². The second kappa shape index (κ2) is 11.3. The van der Waals surface area contributed by atoms with Crippen molar-refractivity contribution in [1.29, 1.82) is 0 Å². The molecule has 1 saturated heterocycles. The van der Waals surface area contributed by atoms with Crippen LogP contribution in [0.3, 0.4) is 0 Å². The molecule has 1 aliphatic heterocycles. The maximum atomic E-state index is 13.7. The minimum Gasteiger partial charge on any atom is -0.474 e. The third-order valence-corrected chi connectivity index (χ3v) is 11.3. The highest BCUT2D eigenvalue weighted by molar-refractivity contribution is 8.00. The summed E-state index contributed by atoms with van der Waals surface area (Å²) in [5.74, 6) is 2.68. The van der Waals surface area contributed by atoms with Crippen molar-refractivity contribution in [2.75, 3.05) is 19.7 Å². The van der Waals surface area contributed by atoms with Crippen LogP contribution < -0.4 is 20.7 Å². The van der Waals surface area contributed by atoms with Crippen molar-refractivity contribution >= 4 is 23.6 Å². The van der Waals surface area contributed by atoms with E-state index in [0.717, 1.165) is 69.2 Å². The van der Waals surface area contributed by atoms with Gasteiger partial charge in [0.1, 0.15) is 11.5 Å². The van der Waals surface area contributed by atoms with Gasteiger partial charge in [0.05, 0.1) is 5.41 Å². The van der Waals surface area contributed by atoms with Crippen molar-refractivity contribution in [3.8, 4) is 5.88 Å². The first-order valence-corrected chi connectivity index (χ1v) is 16.3. The third-order valence-electron chi connectivity index (χ3n) is 9.94. The van der Waals surface area contributed by atoms with Crippen molar-refractivity contribution < 1.29 is 18.8 Å². The molecule has 39 heavy (non-hydrogen) atoms. The summed E-state index contributed by atoms with van der Waals surface area (Å²) in [6, 6.07) is 0.342. The van der Waals surface area contributed by atoms with E-state index in [0.29, 0.717) is 28.6 Å². The van der Waals surface area contributed by atoms with E-state index < -0.39 is 5.41 Å². The zero-order valence-electron chi connectivity index (χ0n) is 23.7. The first-order chi connectivity index (χ1) is 18.8. The molecule has 0 radical (unpaired) electrons. The molecule has 5 saturated carbocycles. The first kappa shape index (κ1) is 27.4. The quantitative estimate of drug-likeness (QED) is 0.368. The Morgan fingerprint density at radius 2 is 1.74 bits per heavy atom. The smallest absolute Gasteiger partial charge is 0.291 e. The van der Waals surface area contributed by atoms with E-state index in [-0.39, 0.29) is 29.7 Å². The molecular weight excluding hydrogens is 512 g/mol. The lowest BCUT2D eigenvalue weighted by atomic mass is 9.53. The fraction of sp³-hybridized carbons (Fsp3) is 0.833. The molecule has 1 aromatic heterocycles. The molecular formula is C30H46N4O4S. The van der Waals surface area contributed by atoms with Gasteiger partial charge in [-0.2, -0.15) is 0 Å². The number of hydrogen-bond donors (Lipinski definition) is 3. The number of thioether (sulfide) groups is 1. The molecule has 216 valence electrons. The van der Waals surface area contributed by atoms with Crippen LogP contribution in [0.2, 0.25) is 0 Å². The molecule has 6 aliphatic rings. The van der Waals surface area contributed by atoms with E-state index in [9.17, 15) is 9.59 Å². The number of nitrogens with one attached hydrogen (secondary N) is 3. The molecule has 7 rings (SSSR count). The van der Waals surface area contributed by atoms with Crippen molar-refractivity contribution in [2.45, 2.75) is 119 Å². The number of aromatic nitrogens is 1. The Morgan fingerprint density at radius 1 is 1.05 bits per heavy atom. The average Bonchev–Trinajstić information content (AvgIpc) is 3.56. The van der Waals surface area contributed by atoms with E-state index in [1.165, 1.54) is 38.5 Å². The Hall–Kier alpha value is -1.74. The standard InChI is InChI=1S/C30H46N4O4S/c1-29(2,28(36)32-17-22-7-6-10-31-22)18-37-27-25(39-23-8-4-3-5-9-23)24(38-34-27)26(35)33-30-14-19-11-20(15-30)13-21(12-19)16-30/h19-23,31H,3-18H2,1-2H3,(H,32,36)(H,33,35)/t19?,20?,21?,22-,30?/m0/s1. The summed E-state index contributed by atoms with van der Waals surface area (Å²) in [6.07, 6.45) is 15.4. The van der Waals surface area contributed by atoms with Crippen molar-refractivity contribution in [1.82, 2.24) is 21.1 Å². The lowest BCUT2D eigenvalue weighted by molar-refractivity contribution is -0.131. The zero-order chi connectivity index (χ0) is 27.0. The normalized spacial score (nSPS) is 32.4. The number of carbonyl (C=O) groups excluding carboxylic acids is 2. The second-order valence-corrected chi connectivity index (χ2v) is 15.2. The number of nitrogens with zero attached hydrogens (tertiary/aromatic N) is 1. The summed E-state index contributed by atoms with van der Waals surface area (Å²) in [5.41, 5.74) is -0.841. The maximum Gasteiger partial charge on any atom is 0.291 e. The summed E-state index contributed by atoms with van der Waals surface area (Å²) in [6.45, 7) is 5.58. The van der Waals surface area contributed by atoms with Crippen LogP contribution in [0.5, 0.6) is 5.88 Å². The van der Waals surface area contributed by atoms with Crippen LogP contribution in [0.4, 0.5) is 0 Å². The summed E-state index contributed by atoms with van der Waals surface area (Å²) < 4.78 is 11.9. The molecule has 2 heterocycles. The molecule has 4 bridgehead atoms. The second-order valence-electron chi connectivity index (χ2n) is 13.9. The lowest BCUT2D eigenvalue weighted by Gasteiger charge is -2.56. The maximum absolute atomic E-state index is 13.7. The Morgan fingerprint density at radius 3 is 2.38 bits per heavy atom. The van der Waals surface area contributed by atoms with Crippen LogP contribution in [0.25, 0.3) is 0 Å². The highest BCUT2D eigenvalue weighted by Crippen LogP contribution is 2.55. The first-order valence-electron chi connectivity index (χ1n) is 15.4. The molecule has 2 amide bonds. The minimum atomic E-state index is -0.744. The van der Waals surface area contributed by atoms with Gasteiger partial charge in [-0.25, -0.2) is 0 Å². The van der Waals surface area contributed by atoms with Crippen LogP contribution in [0, 0.1) is 23.2 Å². The molecule has 1 aromatic rings. The number of amides is 2. The summed E-state index contributed by atoms with van der Waals surface area (Å²) in [4.78, 5) is 27.4. The van der Waals surface area contributed by atoms with Crippen LogP contribution in [-0.2, 0) is 4.79 Å². The van der Waals surface area contributed by atoms with Gasteiger partial charge in [0.2, 0.25) is 11.7 Å². The van der Waals surface area contributed by atoms with Gasteiger partial charge in [-0.1, -0.05) is 19.3 Å².